The molecule has 146 valence electrons. The smallest absolute Gasteiger partial charge is 0.325 e. The van der Waals surface area contributed by atoms with E-state index < -0.39 is 16.8 Å². The Kier molecular flexibility index (Phi) is 5.93. The summed E-state index contributed by atoms with van der Waals surface area (Å²) < 4.78 is 5.43. The van der Waals surface area contributed by atoms with E-state index in [0.29, 0.717) is 18.8 Å². The van der Waals surface area contributed by atoms with Crippen LogP contribution in [-0.4, -0.2) is 37.0 Å². The highest BCUT2D eigenvalue weighted by atomic mass is 79.9. The van der Waals surface area contributed by atoms with Crippen molar-refractivity contribution in [2.45, 2.75) is 13.0 Å². The normalized spacial score (nSPS) is 12.9. The average Bonchev–Trinajstić information content (AvgIpc) is 2.71. The van der Waals surface area contributed by atoms with E-state index in [9.17, 15) is 19.7 Å². The summed E-state index contributed by atoms with van der Waals surface area (Å²) in [5.41, 5.74) is 2.73. The van der Waals surface area contributed by atoms with Crippen LogP contribution in [0.4, 0.5) is 11.4 Å². The Morgan fingerprint density at radius 3 is 2.82 bits per heavy atom. The SMILES string of the molecule is COC(=O)CNC(=O)c1ccc(N2CCc3cccc(Br)c3C2)c([N+](=O)[O-])c1. The first-order valence-corrected chi connectivity index (χ1v) is 9.34. The maximum Gasteiger partial charge on any atom is 0.325 e. The van der Waals surface area contributed by atoms with Crippen LogP contribution in [0.5, 0.6) is 0 Å². The van der Waals surface area contributed by atoms with E-state index in [1.807, 2.05) is 17.0 Å². The van der Waals surface area contributed by atoms with E-state index >= 15 is 0 Å². The lowest BCUT2D eigenvalue weighted by Gasteiger charge is -2.31. The van der Waals surface area contributed by atoms with Gasteiger partial charge >= 0.3 is 5.97 Å². The topological polar surface area (TPSA) is 102 Å². The van der Waals surface area contributed by atoms with Crippen molar-refractivity contribution < 1.29 is 19.2 Å². The van der Waals surface area contributed by atoms with Crippen molar-refractivity contribution in [3.63, 3.8) is 0 Å². The van der Waals surface area contributed by atoms with Gasteiger partial charge in [0.15, 0.2) is 0 Å². The summed E-state index contributed by atoms with van der Waals surface area (Å²) in [6, 6.07) is 10.3. The fourth-order valence-electron chi connectivity index (χ4n) is 3.15. The van der Waals surface area contributed by atoms with Crippen molar-refractivity contribution in [2.24, 2.45) is 0 Å². The molecule has 0 saturated carbocycles. The molecule has 8 nitrogen and oxygen atoms in total. The second-order valence-corrected chi connectivity index (χ2v) is 7.12. The van der Waals surface area contributed by atoms with E-state index in [1.54, 1.807) is 6.07 Å². The van der Waals surface area contributed by atoms with Crippen molar-refractivity contribution in [2.75, 3.05) is 25.1 Å². The molecule has 0 bridgehead atoms. The first-order chi connectivity index (χ1) is 13.4. The van der Waals surface area contributed by atoms with Crippen LogP contribution in [0.15, 0.2) is 40.9 Å². The minimum absolute atomic E-state index is 0.109. The molecule has 1 aliphatic heterocycles. The van der Waals surface area contributed by atoms with Gasteiger partial charge in [0.1, 0.15) is 12.2 Å². The highest BCUT2D eigenvalue weighted by Crippen LogP contribution is 2.34. The fourth-order valence-corrected chi connectivity index (χ4v) is 3.68. The van der Waals surface area contributed by atoms with Crippen LogP contribution in [0, 0.1) is 10.1 Å². The number of ether oxygens (including phenoxy) is 1. The van der Waals surface area contributed by atoms with Crippen LogP contribution in [0.1, 0.15) is 21.5 Å². The van der Waals surface area contributed by atoms with Crippen LogP contribution in [0.25, 0.3) is 0 Å². The molecule has 0 spiro atoms. The van der Waals surface area contributed by atoms with Gasteiger partial charge in [0.2, 0.25) is 0 Å². The van der Waals surface area contributed by atoms with Crippen LogP contribution in [0.2, 0.25) is 0 Å². The van der Waals surface area contributed by atoms with Gasteiger partial charge < -0.3 is 15.0 Å². The molecule has 28 heavy (non-hydrogen) atoms. The third-order valence-electron chi connectivity index (χ3n) is 4.61. The number of halogens is 1. The zero-order valence-corrected chi connectivity index (χ0v) is 16.7. The molecule has 1 heterocycles. The molecule has 0 saturated heterocycles. The van der Waals surface area contributed by atoms with Crippen molar-refractivity contribution in [1.82, 2.24) is 5.32 Å². The van der Waals surface area contributed by atoms with Crippen molar-refractivity contribution in [1.29, 1.82) is 0 Å². The number of nitrogens with one attached hydrogen (secondary N) is 1. The number of benzene rings is 2. The Labute approximate surface area is 169 Å². The number of hydrogen-bond donors (Lipinski definition) is 1. The number of esters is 1. The maximum absolute atomic E-state index is 12.2. The molecule has 1 N–H and O–H groups in total. The Hall–Kier alpha value is -2.94. The van der Waals surface area contributed by atoms with Crippen molar-refractivity contribution in [3.05, 3.63) is 67.7 Å². The average molecular weight is 448 g/mol. The van der Waals surface area contributed by atoms with Crippen LogP contribution >= 0.6 is 15.9 Å². The number of carbonyl (C=O) groups is 2. The summed E-state index contributed by atoms with van der Waals surface area (Å²) in [7, 11) is 1.21. The summed E-state index contributed by atoms with van der Waals surface area (Å²) in [5, 5.41) is 14.0. The van der Waals surface area contributed by atoms with E-state index in [0.717, 1.165) is 16.5 Å². The lowest BCUT2D eigenvalue weighted by Crippen LogP contribution is -2.32. The quantitative estimate of drug-likeness (QED) is 0.429. The predicted octanol–water partition coefficient (Wildman–Crippen LogP) is 2.82. The highest BCUT2D eigenvalue weighted by molar-refractivity contribution is 9.10. The number of rotatable bonds is 5. The monoisotopic (exact) mass is 447 g/mol. The van der Waals surface area contributed by atoms with Crippen molar-refractivity contribution >= 4 is 39.2 Å². The van der Waals surface area contributed by atoms with Crippen LogP contribution in [0.3, 0.4) is 0 Å². The maximum atomic E-state index is 12.2. The standard InChI is InChI=1S/C19H18BrN3O5/c1-28-18(24)10-21-19(25)13-5-6-16(17(9-13)23(26)27)22-8-7-12-3-2-4-15(20)14(12)11-22/h2-6,9H,7-8,10-11H2,1H3,(H,21,25). The fraction of sp³-hybridized carbons (Fsp3) is 0.263. The number of nitro groups is 1. The molecule has 0 radical (unpaired) electrons. The Morgan fingerprint density at radius 2 is 2.11 bits per heavy atom. The molecule has 1 aliphatic rings. The van der Waals surface area contributed by atoms with Crippen LogP contribution < -0.4 is 10.2 Å². The Morgan fingerprint density at radius 1 is 1.32 bits per heavy atom. The number of nitro benzene ring substituents is 1. The summed E-state index contributed by atoms with van der Waals surface area (Å²) >= 11 is 3.54. The van der Waals surface area contributed by atoms with Gasteiger partial charge in [0.25, 0.3) is 11.6 Å². The molecule has 0 aliphatic carbocycles. The molecule has 2 aromatic rings. The van der Waals surface area contributed by atoms with Gasteiger partial charge in [-0.25, -0.2) is 0 Å². The molecule has 0 fully saturated rings. The van der Waals surface area contributed by atoms with Gasteiger partial charge in [-0.15, -0.1) is 0 Å². The number of amides is 1. The first-order valence-electron chi connectivity index (χ1n) is 8.55. The zero-order valence-electron chi connectivity index (χ0n) is 15.1. The summed E-state index contributed by atoms with van der Waals surface area (Å²) in [6.45, 7) is 0.867. The third kappa shape index (κ3) is 4.14. The second kappa shape index (κ2) is 8.39. The molecule has 0 unspecified atom stereocenters. The molecular formula is C19H18BrN3O5. The minimum atomic E-state index is -0.600. The van der Waals surface area contributed by atoms with E-state index in [4.69, 9.17) is 0 Å². The number of anilines is 1. The summed E-state index contributed by atoms with van der Waals surface area (Å²) in [4.78, 5) is 36.4. The minimum Gasteiger partial charge on any atom is -0.468 e. The van der Waals surface area contributed by atoms with E-state index in [1.165, 1.54) is 24.8 Å². The molecular weight excluding hydrogens is 430 g/mol. The van der Waals surface area contributed by atoms with Gasteiger partial charge in [-0.1, -0.05) is 28.1 Å². The van der Waals surface area contributed by atoms with Gasteiger partial charge in [-0.2, -0.15) is 0 Å². The highest BCUT2D eigenvalue weighted by Gasteiger charge is 2.26. The summed E-state index contributed by atoms with van der Waals surface area (Å²) in [6.07, 6.45) is 0.771. The van der Waals surface area contributed by atoms with Gasteiger partial charge in [0, 0.05) is 29.2 Å². The third-order valence-corrected chi connectivity index (χ3v) is 5.35. The molecule has 3 rings (SSSR count). The largest absolute Gasteiger partial charge is 0.468 e. The Bertz CT molecular complexity index is 947. The van der Waals surface area contributed by atoms with Crippen molar-refractivity contribution in [3.8, 4) is 0 Å². The van der Waals surface area contributed by atoms with Gasteiger partial charge in [-0.05, 0) is 35.7 Å². The number of fused-ring (bicyclic) bond motifs is 1. The summed E-state index contributed by atoms with van der Waals surface area (Å²) in [5.74, 6) is -1.18. The zero-order chi connectivity index (χ0) is 20.3. The number of carbonyl (C=O) groups excluding carboxylic acids is 2. The molecule has 1 amide bonds. The second-order valence-electron chi connectivity index (χ2n) is 6.27. The van der Waals surface area contributed by atoms with E-state index in [-0.39, 0.29) is 17.8 Å². The molecule has 2 aromatic carbocycles. The lowest BCUT2D eigenvalue weighted by atomic mass is 9.99. The van der Waals surface area contributed by atoms with Crippen LogP contribution in [-0.2, 0) is 22.5 Å². The number of methoxy groups -OCH3 is 1. The number of hydrogen-bond acceptors (Lipinski definition) is 6. The molecule has 9 heteroatoms. The number of nitrogens with zero attached hydrogens (tertiary/aromatic N) is 2. The molecule has 0 aromatic heterocycles. The van der Waals surface area contributed by atoms with Gasteiger partial charge in [0.05, 0.1) is 12.0 Å². The van der Waals surface area contributed by atoms with E-state index in [2.05, 4.69) is 32.0 Å². The predicted molar refractivity (Wildman–Crippen MR) is 106 cm³/mol. The lowest BCUT2D eigenvalue weighted by molar-refractivity contribution is -0.384. The Balaban J connectivity index is 1.86. The first kappa shape index (κ1) is 19.8. The molecule has 0 atom stereocenters. The van der Waals surface area contributed by atoms with Gasteiger partial charge in [-0.3, -0.25) is 19.7 Å².